The highest BCUT2D eigenvalue weighted by Crippen LogP contribution is 2.29. The van der Waals surface area contributed by atoms with Crippen LogP contribution < -0.4 is 10.6 Å². The Bertz CT molecular complexity index is 597. The molecule has 0 unspecified atom stereocenters. The van der Waals surface area contributed by atoms with Crippen molar-refractivity contribution < 1.29 is 4.74 Å². The van der Waals surface area contributed by atoms with Crippen LogP contribution in [0.1, 0.15) is 50.6 Å². The molecule has 0 spiro atoms. The quantitative estimate of drug-likeness (QED) is 0.879. The number of likely N-dealkylation sites (tertiary alicyclic amines) is 1. The highest BCUT2D eigenvalue weighted by molar-refractivity contribution is 5.58. The summed E-state index contributed by atoms with van der Waals surface area (Å²) in [6, 6.07) is 4.93. The molecule has 5 heteroatoms. The molecule has 0 aromatic carbocycles. The third kappa shape index (κ3) is 4.04. The largest absolute Gasteiger partial charge is 0.397 e. The summed E-state index contributed by atoms with van der Waals surface area (Å²) in [5, 5.41) is 0. The standard InChI is InChI=1S/C21H32N4O/c1-16(22)21-6-5-18(15-23-21)25-13-9-20(10-14-25)26-19-7-11-24(12-8-19)17-3-2-4-17/h5-6,15,17,19-20H,1-4,7-14,22H2. The van der Waals surface area contributed by atoms with Crippen molar-refractivity contribution in [3.05, 3.63) is 30.6 Å². The van der Waals surface area contributed by atoms with Crippen LogP contribution in [0.25, 0.3) is 5.70 Å². The Morgan fingerprint density at radius 3 is 2.15 bits per heavy atom. The van der Waals surface area contributed by atoms with Crippen molar-refractivity contribution in [1.82, 2.24) is 9.88 Å². The van der Waals surface area contributed by atoms with Gasteiger partial charge in [-0.15, -0.1) is 0 Å². The minimum Gasteiger partial charge on any atom is -0.397 e. The molecule has 4 rings (SSSR count). The minimum absolute atomic E-state index is 0.419. The Balaban J connectivity index is 1.21. The van der Waals surface area contributed by atoms with E-state index in [2.05, 4.69) is 27.4 Å². The molecule has 2 saturated heterocycles. The first-order valence-electron chi connectivity index (χ1n) is 10.2. The van der Waals surface area contributed by atoms with Gasteiger partial charge < -0.3 is 20.3 Å². The lowest BCUT2D eigenvalue weighted by molar-refractivity contribution is -0.0598. The first-order chi connectivity index (χ1) is 12.7. The molecule has 3 aliphatic rings. The van der Waals surface area contributed by atoms with Crippen LogP contribution in [-0.2, 0) is 4.74 Å². The van der Waals surface area contributed by atoms with E-state index in [4.69, 9.17) is 10.5 Å². The van der Waals surface area contributed by atoms with Crippen molar-refractivity contribution in [1.29, 1.82) is 0 Å². The number of hydrogen-bond donors (Lipinski definition) is 1. The SMILES string of the molecule is C=C(N)c1ccc(N2CCC(OC3CCN(C4CCC4)CC3)CC2)cn1. The van der Waals surface area contributed by atoms with Gasteiger partial charge >= 0.3 is 0 Å². The van der Waals surface area contributed by atoms with Gasteiger partial charge in [-0.3, -0.25) is 4.98 Å². The first-order valence-corrected chi connectivity index (χ1v) is 10.2. The number of nitrogens with two attached hydrogens (primary N) is 1. The fraction of sp³-hybridized carbons (Fsp3) is 0.667. The molecule has 2 N–H and O–H groups in total. The topological polar surface area (TPSA) is 54.6 Å². The summed E-state index contributed by atoms with van der Waals surface area (Å²) in [6.45, 7) is 8.28. The summed E-state index contributed by atoms with van der Waals surface area (Å²) < 4.78 is 6.45. The highest BCUT2D eigenvalue weighted by Gasteiger charge is 2.30. The maximum absolute atomic E-state index is 6.45. The average molecular weight is 357 g/mol. The van der Waals surface area contributed by atoms with Crippen molar-refractivity contribution >= 4 is 11.4 Å². The lowest BCUT2D eigenvalue weighted by atomic mass is 9.89. The fourth-order valence-corrected chi connectivity index (χ4v) is 4.41. The maximum atomic E-state index is 6.45. The molecule has 0 amide bonds. The van der Waals surface area contributed by atoms with E-state index in [9.17, 15) is 0 Å². The lowest BCUT2D eigenvalue weighted by Gasteiger charge is -2.43. The van der Waals surface area contributed by atoms with E-state index in [0.29, 0.717) is 17.9 Å². The normalized spacial score (nSPS) is 23.8. The summed E-state index contributed by atoms with van der Waals surface area (Å²) in [5.74, 6) is 0. The van der Waals surface area contributed by atoms with Crippen molar-refractivity contribution in [3.8, 4) is 0 Å². The van der Waals surface area contributed by atoms with Gasteiger partial charge in [0, 0.05) is 32.2 Å². The van der Waals surface area contributed by atoms with E-state index in [1.54, 1.807) is 0 Å². The molecule has 1 aromatic heterocycles. The molecule has 2 aliphatic heterocycles. The van der Waals surface area contributed by atoms with Gasteiger partial charge in [0.2, 0.25) is 0 Å². The van der Waals surface area contributed by atoms with Crippen molar-refractivity contribution in [3.63, 3.8) is 0 Å². The van der Waals surface area contributed by atoms with E-state index in [1.807, 2.05) is 12.3 Å². The number of aromatic nitrogens is 1. The summed E-state index contributed by atoms with van der Waals surface area (Å²) in [7, 11) is 0. The van der Waals surface area contributed by atoms with Crippen molar-refractivity contribution in [2.75, 3.05) is 31.1 Å². The smallest absolute Gasteiger partial charge is 0.0854 e. The molecule has 3 fully saturated rings. The average Bonchev–Trinajstić information content (AvgIpc) is 2.63. The van der Waals surface area contributed by atoms with Crippen LogP contribution in [0.15, 0.2) is 24.9 Å². The third-order valence-corrected chi connectivity index (χ3v) is 6.34. The number of anilines is 1. The highest BCUT2D eigenvalue weighted by atomic mass is 16.5. The predicted molar refractivity (Wildman–Crippen MR) is 106 cm³/mol. The first kappa shape index (κ1) is 17.8. The monoisotopic (exact) mass is 356 g/mol. The number of rotatable bonds is 5. The van der Waals surface area contributed by atoms with Gasteiger partial charge in [0.15, 0.2) is 0 Å². The molecule has 5 nitrogen and oxygen atoms in total. The van der Waals surface area contributed by atoms with E-state index in [-0.39, 0.29) is 0 Å². The van der Waals surface area contributed by atoms with Gasteiger partial charge in [0.25, 0.3) is 0 Å². The molecule has 26 heavy (non-hydrogen) atoms. The lowest BCUT2D eigenvalue weighted by Crippen LogP contribution is -2.47. The summed E-state index contributed by atoms with van der Waals surface area (Å²) in [6.07, 6.45) is 11.7. The van der Waals surface area contributed by atoms with E-state index in [0.717, 1.165) is 37.7 Å². The van der Waals surface area contributed by atoms with Crippen LogP contribution >= 0.6 is 0 Å². The molecule has 142 valence electrons. The zero-order chi connectivity index (χ0) is 17.9. The number of ether oxygens (including phenoxy) is 1. The van der Waals surface area contributed by atoms with Gasteiger partial charge in [0.05, 0.1) is 35.5 Å². The second-order valence-electron chi connectivity index (χ2n) is 8.07. The molecular formula is C21H32N4O. The van der Waals surface area contributed by atoms with Crippen LogP contribution in [0.3, 0.4) is 0 Å². The van der Waals surface area contributed by atoms with Gasteiger partial charge in [0.1, 0.15) is 0 Å². The maximum Gasteiger partial charge on any atom is 0.0854 e. The van der Waals surface area contributed by atoms with Crippen molar-refractivity contribution in [2.24, 2.45) is 5.73 Å². The molecule has 1 saturated carbocycles. The molecular weight excluding hydrogens is 324 g/mol. The molecule has 1 aromatic rings. The summed E-state index contributed by atoms with van der Waals surface area (Å²) in [4.78, 5) is 9.49. The van der Waals surface area contributed by atoms with E-state index < -0.39 is 0 Å². The Hall–Kier alpha value is -1.59. The van der Waals surface area contributed by atoms with Crippen LogP contribution in [-0.4, -0.2) is 54.3 Å². The number of hydrogen-bond acceptors (Lipinski definition) is 5. The van der Waals surface area contributed by atoms with Crippen LogP contribution in [0.5, 0.6) is 0 Å². The Morgan fingerprint density at radius 2 is 1.65 bits per heavy atom. The zero-order valence-electron chi connectivity index (χ0n) is 15.8. The van der Waals surface area contributed by atoms with Gasteiger partial charge in [-0.25, -0.2) is 0 Å². The molecule has 3 heterocycles. The molecule has 0 atom stereocenters. The summed E-state index contributed by atoms with van der Waals surface area (Å²) >= 11 is 0. The summed E-state index contributed by atoms with van der Waals surface area (Å²) in [5.41, 5.74) is 8.15. The number of nitrogens with zero attached hydrogens (tertiary/aromatic N) is 3. The Morgan fingerprint density at radius 1 is 1.00 bits per heavy atom. The number of pyridine rings is 1. The predicted octanol–water partition coefficient (Wildman–Crippen LogP) is 3.01. The molecule has 0 radical (unpaired) electrons. The second kappa shape index (κ2) is 7.97. The third-order valence-electron chi connectivity index (χ3n) is 6.34. The second-order valence-corrected chi connectivity index (χ2v) is 8.07. The Labute approximate surface area is 157 Å². The van der Waals surface area contributed by atoms with Gasteiger partial charge in [-0.1, -0.05) is 13.0 Å². The van der Waals surface area contributed by atoms with E-state index in [1.165, 1.54) is 50.9 Å². The Kier molecular flexibility index (Phi) is 5.46. The van der Waals surface area contributed by atoms with Crippen LogP contribution in [0.4, 0.5) is 5.69 Å². The molecule has 1 aliphatic carbocycles. The van der Waals surface area contributed by atoms with Crippen LogP contribution in [0.2, 0.25) is 0 Å². The molecule has 0 bridgehead atoms. The fourth-order valence-electron chi connectivity index (χ4n) is 4.41. The van der Waals surface area contributed by atoms with Gasteiger partial charge in [-0.05, 0) is 50.7 Å². The van der Waals surface area contributed by atoms with Crippen LogP contribution in [0, 0.1) is 0 Å². The number of piperidine rings is 2. The minimum atomic E-state index is 0.419. The van der Waals surface area contributed by atoms with E-state index >= 15 is 0 Å². The van der Waals surface area contributed by atoms with Gasteiger partial charge in [-0.2, -0.15) is 0 Å². The zero-order valence-corrected chi connectivity index (χ0v) is 15.8. The van der Waals surface area contributed by atoms with Crippen molar-refractivity contribution in [2.45, 2.75) is 63.2 Å².